The van der Waals surface area contributed by atoms with Gasteiger partial charge < -0.3 is 9.47 Å². The average Bonchev–Trinajstić information content (AvgIpc) is 2.73. The fourth-order valence-electron chi connectivity index (χ4n) is 2.75. The van der Waals surface area contributed by atoms with Gasteiger partial charge >= 0.3 is 5.97 Å². The van der Waals surface area contributed by atoms with Crippen LogP contribution in [0.1, 0.15) is 31.1 Å². The first kappa shape index (κ1) is 17.4. The van der Waals surface area contributed by atoms with Gasteiger partial charge in [0, 0.05) is 23.4 Å². The summed E-state index contributed by atoms with van der Waals surface area (Å²) in [5.74, 6) is -1.57. The van der Waals surface area contributed by atoms with Gasteiger partial charge in [-0.15, -0.1) is 0 Å². The average molecular weight is 371 g/mol. The van der Waals surface area contributed by atoms with Crippen LogP contribution in [0, 0.1) is 0 Å². The monoisotopic (exact) mass is 371 g/mol. The summed E-state index contributed by atoms with van der Waals surface area (Å²) in [6, 6.07) is 18.2. The van der Waals surface area contributed by atoms with Gasteiger partial charge in [0.1, 0.15) is 11.3 Å². The smallest absolute Gasteiger partial charge is 0.349 e. The largest absolute Gasteiger partial charge is 0.438 e. The molecule has 0 unspecified atom stereocenters. The number of benzene rings is 2. The Balaban J connectivity index is 1.60. The molecule has 0 spiro atoms. The van der Waals surface area contributed by atoms with Gasteiger partial charge in [0.2, 0.25) is 11.7 Å². The standard InChI is InChI=1S/C22H13NO5/c24-18-13-19(20(25)16-10-5-4-9-15(16)18)28-22(26)17-11-6-12-23-21(17)27-14-7-2-1-3-8-14/h1-13H. The summed E-state index contributed by atoms with van der Waals surface area (Å²) in [4.78, 5) is 41.5. The van der Waals surface area contributed by atoms with E-state index in [0.29, 0.717) is 5.75 Å². The lowest BCUT2D eigenvalue weighted by Gasteiger charge is -2.15. The highest BCUT2D eigenvalue weighted by atomic mass is 16.5. The molecule has 1 aromatic heterocycles. The molecule has 0 bridgehead atoms. The highest BCUT2D eigenvalue weighted by Gasteiger charge is 2.29. The molecule has 0 N–H and O–H groups in total. The normalized spacial score (nSPS) is 12.8. The highest BCUT2D eigenvalue weighted by Crippen LogP contribution is 2.26. The number of Topliss-reactive ketones (excluding diaryl/α,β-unsaturated/α-hetero) is 1. The van der Waals surface area contributed by atoms with Crippen LogP contribution in [-0.2, 0) is 4.74 Å². The van der Waals surface area contributed by atoms with E-state index in [2.05, 4.69) is 4.98 Å². The van der Waals surface area contributed by atoms with Gasteiger partial charge in [-0.1, -0.05) is 42.5 Å². The third kappa shape index (κ3) is 3.31. The molecule has 0 amide bonds. The first-order chi connectivity index (χ1) is 13.6. The fraction of sp³-hybridized carbons (Fsp3) is 0. The van der Waals surface area contributed by atoms with Crippen LogP contribution in [0.3, 0.4) is 0 Å². The van der Waals surface area contributed by atoms with Crippen molar-refractivity contribution in [1.29, 1.82) is 0 Å². The van der Waals surface area contributed by atoms with Crippen molar-refractivity contribution in [1.82, 2.24) is 4.98 Å². The molecule has 3 aromatic rings. The number of carbonyl (C=O) groups excluding carboxylic acids is 3. The highest BCUT2D eigenvalue weighted by molar-refractivity contribution is 6.24. The van der Waals surface area contributed by atoms with E-state index in [0.717, 1.165) is 6.08 Å². The summed E-state index contributed by atoms with van der Waals surface area (Å²) in [5.41, 5.74) is 0.512. The van der Waals surface area contributed by atoms with Gasteiger partial charge in [-0.05, 0) is 24.3 Å². The van der Waals surface area contributed by atoms with E-state index in [1.54, 1.807) is 48.5 Å². The predicted molar refractivity (Wildman–Crippen MR) is 99.4 cm³/mol. The first-order valence-corrected chi connectivity index (χ1v) is 8.43. The zero-order valence-corrected chi connectivity index (χ0v) is 14.5. The Morgan fingerprint density at radius 3 is 2.32 bits per heavy atom. The lowest BCUT2D eigenvalue weighted by Crippen LogP contribution is -2.21. The van der Waals surface area contributed by atoms with Crippen molar-refractivity contribution < 1.29 is 23.9 Å². The summed E-state index contributed by atoms with van der Waals surface area (Å²) in [6.07, 6.45) is 2.50. The molecule has 0 saturated carbocycles. The number of esters is 1. The number of carbonyl (C=O) groups is 3. The number of allylic oxidation sites excluding steroid dienone is 2. The Morgan fingerprint density at radius 1 is 0.821 bits per heavy atom. The second kappa shape index (κ2) is 7.28. The maximum atomic E-state index is 12.6. The minimum absolute atomic E-state index is 0.0337. The molecule has 6 nitrogen and oxygen atoms in total. The maximum absolute atomic E-state index is 12.6. The Labute approximate surface area is 160 Å². The number of nitrogens with zero attached hydrogens (tertiary/aromatic N) is 1. The molecule has 0 atom stereocenters. The van der Waals surface area contributed by atoms with E-state index in [1.807, 2.05) is 6.07 Å². The molecule has 2 aromatic carbocycles. The minimum atomic E-state index is -0.842. The Hall–Kier alpha value is -4.06. The molecule has 6 heteroatoms. The van der Waals surface area contributed by atoms with Crippen LogP contribution in [0.4, 0.5) is 0 Å². The van der Waals surface area contributed by atoms with Gasteiger partial charge in [0.15, 0.2) is 11.5 Å². The van der Waals surface area contributed by atoms with Crippen LogP contribution >= 0.6 is 0 Å². The molecule has 136 valence electrons. The first-order valence-electron chi connectivity index (χ1n) is 8.43. The third-order valence-electron chi connectivity index (χ3n) is 4.07. The quantitative estimate of drug-likeness (QED) is 0.645. The van der Waals surface area contributed by atoms with Crippen molar-refractivity contribution in [2.75, 3.05) is 0 Å². The minimum Gasteiger partial charge on any atom is -0.438 e. The van der Waals surface area contributed by atoms with Crippen LogP contribution in [0.5, 0.6) is 11.6 Å². The fourth-order valence-corrected chi connectivity index (χ4v) is 2.75. The second-order valence-corrected chi connectivity index (χ2v) is 5.91. The van der Waals surface area contributed by atoms with Gasteiger partial charge in [0.05, 0.1) is 0 Å². The van der Waals surface area contributed by atoms with Crippen LogP contribution in [0.25, 0.3) is 0 Å². The molecule has 0 aliphatic heterocycles. The molecule has 28 heavy (non-hydrogen) atoms. The third-order valence-corrected chi connectivity index (χ3v) is 4.07. The van der Waals surface area contributed by atoms with Crippen molar-refractivity contribution in [2.24, 2.45) is 0 Å². The van der Waals surface area contributed by atoms with Gasteiger partial charge in [0.25, 0.3) is 0 Å². The Morgan fingerprint density at radius 2 is 1.54 bits per heavy atom. The summed E-state index contributed by atoms with van der Waals surface area (Å²) >= 11 is 0. The van der Waals surface area contributed by atoms with E-state index in [9.17, 15) is 14.4 Å². The second-order valence-electron chi connectivity index (χ2n) is 5.91. The zero-order valence-electron chi connectivity index (χ0n) is 14.5. The van der Waals surface area contributed by atoms with Crippen molar-refractivity contribution in [3.63, 3.8) is 0 Å². The number of hydrogen-bond acceptors (Lipinski definition) is 6. The number of hydrogen-bond donors (Lipinski definition) is 0. The molecule has 0 fully saturated rings. The van der Waals surface area contributed by atoms with E-state index in [4.69, 9.17) is 9.47 Å². The summed E-state index contributed by atoms with van der Waals surface area (Å²) in [5, 5.41) is 0. The number of ether oxygens (including phenoxy) is 2. The van der Waals surface area contributed by atoms with E-state index >= 15 is 0 Å². The summed E-state index contributed by atoms with van der Waals surface area (Å²) < 4.78 is 10.9. The van der Waals surface area contributed by atoms with Gasteiger partial charge in [-0.2, -0.15) is 0 Å². The molecular weight excluding hydrogens is 358 g/mol. The van der Waals surface area contributed by atoms with Crippen molar-refractivity contribution in [3.05, 3.63) is 101 Å². The topological polar surface area (TPSA) is 82.6 Å². The van der Waals surface area contributed by atoms with Crippen LogP contribution < -0.4 is 4.74 Å². The molecule has 1 aliphatic rings. The number of para-hydroxylation sites is 1. The molecular formula is C22H13NO5. The van der Waals surface area contributed by atoms with Crippen molar-refractivity contribution >= 4 is 17.5 Å². The summed E-state index contributed by atoms with van der Waals surface area (Å²) in [6.45, 7) is 0. The van der Waals surface area contributed by atoms with E-state index in [-0.39, 0.29) is 28.3 Å². The lowest BCUT2D eigenvalue weighted by atomic mass is 9.94. The van der Waals surface area contributed by atoms with Crippen LogP contribution in [-0.4, -0.2) is 22.5 Å². The Bertz CT molecular complexity index is 1120. The van der Waals surface area contributed by atoms with Gasteiger partial charge in [-0.25, -0.2) is 9.78 Å². The zero-order chi connectivity index (χ0) is 19.5. The molecule has 1 heterocycles. The molecule has 0 radical (unpaired) electrons. The predicted octanol–water partition coefficient (Wildman–Crippen LogP) is 3.99. The number of fused-ring (bicyclic) bond motifs is 1. The molecule has 0 saturated heterocycles. The maximum Gasteiger partial charge on any atom is 0.349 e. The van der Waals surface area contributed by atoms with E-state index < -0.39 is 17.5 Å². The lowest BCUT2D eigenvalue weighted by molar-refractivity contribution is 0.0581. The van der Waals surface area contributed by atoms with E-state index in [1.165, 1.54) is 18.3 Å². The molecule has 1 aliphatic carbocycles. The number of ketones is 2. The van der Waals surface area contributed by atoms with Crippen molar-refractivity contribution in [2.45, 2.75) is 0 Å². The number of aromatic nitrogens is 1. The molecule has 4 rings (SSSR count). The SMILES string of the molecule is O=C1C=C(OC(=O)c2cccnc2Oc2ccccc2)C(=O)c2ccccc21. The van der Waals surface area contributed by atoms with Gasteiger partial charge in [-0.3, -0.25) is 9.59 Å². The van der Waals surface area contributed by atoms with Crippen LogP contribution in [0.15, 0.2) is 84.8 Å². The van der Waals surface area contributed by atoms with Crippen molar-refractivity contribution in [3.8, 4) is 11.6 Å². The number of rotatable bonds is 4. The van der Waals surface area contributed by atoms with Crippen LogP contribution in [0.2, 0.25) is 0 Å². The summed E-state index contributed by atoms with van der Waals surface area (Å²) in [7, 11) is 0. The number of pyridine rings is 1. The Kier molecular flexibility index (Phi) is 4.51.